The number of halogens is 2. The van der Waals surface area contributed by atoms with Gasteiger partial charge in [0.2, 0.25) is 0 Å². The SMILES string of the molecule is NNC(Cc1cc(F)ccc1Br)c1cscn1. The van der Waals surface area contributed by atoms with Crippen molar-refractivity contribution in [3.63, 3.8) is 0 Å². The van der Waals surface area contributed by atoms with Gasteiger partial charge in [-0.15, -0.1) is 11.3 Å². The molecule has 1 unspecified atom stereocenters. The summed E-state index contributed by atoms with van der Waals surface area (Å²) in [5, 5.41) is 1.93. The third-order valence-electron chi connectivity index (χ3n) is 2.44. The lowest BCUT2D eigenvalue weighted by Crippen LogP contribution is -2.29. The van der Waals surface area contributed by atoms with Gasteiger partial charge in [0, 0.05) is 9.85 Å². The predicted octanol–water partition coefficient (Wildman–Crippen LogP) is 2.79. The van der Waals surface area contributed by atoms with Crippen LogP contribution in [0.3, 0.4) is 0 Å². The van der Waals surface area contributed by atoms with E-state index in [2.05, 4.69) is 26.3 Å². The van der Waals surface area contributed by atoms with Crippen molar-refractivity contribution < 1.29 is 4.39 Å². The molecular weight excluding hydrogens is 305 g/mol. The van der Waals surface area contributed by atoms with Gasteiger partial charge in [-0.05, 0) is 30.2 Å². The lowest BCUT2D eigenvalue weighted by Gasteiger charge is -2.14. The second-order valence-electron chi connectivity index (χ2n) is 3.57. The van der Waals surface area contributed by atoms with Crippen LogP contribution in [0.2, 0.25) is 0 Å². The number of nitrogens with one attached hydrogen (secondary N) is 1. The first-order valence-electron chi connectivity index (χ1n) is 4.99. The van der Waals surface area contributed by atoms with E-state index in [9.17, 15) is 4.39 Å². The summed E-state index contributed by atoms with van der Waals surface area (Å²) >= 11 is 4.91. The molecule has 0 amide bonds. The average Bonchev–Trinajstić information content (AvgIpc) is 2.84. The van der Waals surface area contributed by atoms with Crippen LogP contribution >= 0.6 is 27.3 Å². The fourth-order valence-electron chi connectivity index (χ4n) is 1.56. The second kappa shape index (κ2) is 5.68. The summed E-state index contributed by atoms with van der Waals surface area (Å²) in [6.07, 6.45) is 0.582. The monoisotopic (exact) mass is 315 g/mol. The van der Waals surface area contributed by atoms with E-state index < -0.39 is 0 Å². The Hall–Kier alpha value is -0.820. The Bertz CT molecular complexity index is 489. The maximum Gasteiger partial charge on any atom is 0.123 e. The smallest absolute Gasteiger partial charge is 0.123 e. The van der Waals surface area contributed by atoms with E-state index in [1.807, 2.05) is 5.38 Å². The molecular formula is C11H11BrFN3S. The summed E-state index contributed by atoms with van der Waals surface area (Å²) in [5.41, 5.74) is 6.18. The van der Waals surface area contributed by atoms with Crippen molar-refractivity contribution in [3.05, 3.63) is 50.6 Å². The lowest BCUT2D eigenvalue weighted by molar-refractivity contribution is 0.537. The van der Waals surface area contributed by atoms with Crippen LogP contribution in [0.15, 0.2) is 33.6 Å². The lowest BCUT2D eigenvalue weighted by atomic mass is 10.0. The number of thiazole rings is 1. The van der Waals surface area contributed by atoms with Gasteiger partial charge in [0.15, 0.2) is 0 Å². The molecule has 0 aliphatic carbocycles. The fourth-order valence-corrected chi connectivity index (χ4v) is 2.58. The molecule has 90 valence electrons. The van der Waals surface area contributed by atoms with Gasteiger partial charge in [-0.2, -0.15) is 0 Å². The molecule has 1 atom stereocenters. The van der Waals surface area contributed by atoms with Crippen LogP contribution in [-0.4, -0.2) is 4.98 Å². The van der Waals surface area contributed by atoms with Crippen LogP contribution in [0.25, 0.3) is 0 Å². The van der Waals surface area contributed by atoms with Gasteiger partial charge in [-0.1, -0.05) is 15.9 Å². The van der Waals surface area contributed by atoms with Crippen LogP contribution in [0.1, 0.15) is 17.3 Å². The van der Waals surface area contributed by atoms with Crippen molar-refractivity contribution in [2.75, 3.05) is 0 Å². The first-order valence-corrected chi connectivity index (χ1v) is 6.72. The Balaban J connectivity index is 2.21. The largest absolute Gasteiger partial charge is 0.271 e. The van der Waals surface area contributed by atoms with E-state index in [0.717, 1.165) is 15.7 Å². The highest BCUT2D eigenvalue weighted by atomic mass is 79.9. The van der Waals surface area contributed by atoms with Crippen molar-refractivity contribution in [3.8, 4) is 0 Å². The number of hydrazine groups is 1. The van der Waals surface area contributed by atoms with Gasteiger partial charge in [0.05, 0.1) is 17.2 Å². The van der Waals surface area contributed by atoms with E-state index in [4.69, 9.17) is 5.84 Å². The molecule has 6 heteroatoms. The number of benzene rings is 1. The summed E-state index contributed by atoms with van der Waals surface area (Å²) < 4.78 is 14.0. The number of aromatic nitrogens is 1. The molecule has 2 aromatic rings. The number of nitrogens with two attached hydrogens (primary N) is 1. The molecule has 1 aromatic heterocycles. The van der Waals surface area contributed by atoms with E-state index >= 15 is 0 Å². The van der Waals surface area contributed by atoms with Crippen molar-refractivity contribution in [2.45, 2.75) is 12.5 Å². The first-order chi connectivity index (χ1) is 8.20. The van der Waals surface area contributed by atoms with Gasteiger partial charge in [-0.3, -0.25) is 11.3 Å². The van der Waals surface area contributed by atoms with E-state index in [1.54, 1.807) is 11.6 Å². The Labute approximate surface area is 111 Å². The molecule has 0 fully saturated rings. The van der Waals surface area contributed by atoms with Crippen molar-refractivity contribution in [1.29, 1.82) is 0 Å². The summed E-state index contributed by atoms with van der Waals surface area (Å²) in [6, 6.07) is 4.50. The third kappa shape index (κ3) is 3.10. The highest BCUT2D eigenvalue weighted by Gasteiger charge is 2.14. The maximum atomic E-state index is 13.2. The normalized spacial score (nSPS) is 12.6. The summed E-state index contributed by atoms with van der Waals surface area (Å²) in [6.45, 7) is 0. The second-order valence-corrected chi connectivity index (χ2v) is 5.15. The van der Waals surface area contributed by atoms with Crippen LogP contribution in [0, 0.1) is 5.82 Å². The molecule has 3 N–H and O–H groups in total. The molecule has 0 aliphatic heterocycles. The zero-order valence-electron chi connectivity index (χ0n) is 8.86. The standard InChI is InChI=1S/C11H11BrFN3S/c12-9-2-1-8(13)3-7(9)4-10(16-14)11-5-17-6-15-11/h1-3,5-6,10,16H,4,14H2. The number of hydrogen-bond donors (Lipinski definition) is 2. The molecule has 0 spiro atoms. The predicted molar refractivity (Wildman–Crippen MR) is 70.0 cm³/mol. The van der Waals surface area contributed by atoms with Crippen LogP contribution in [-0.2, 0) is 6.42 Å². The Kier molecular flexibility index (Phi) is 4.22. The van der Waals surface area contributed by atoms with Crippen LogP contribution in [0.5, 0.6) is 0 Å². The van der Waals surface area contributed by atoms with Gasteiger partial charge < -0.3 is 0 Å². The number of hydrogen-bond acceptors (Lipinski definition) is 4. The minimum Gasteiger partial charge on any atom is -0.271 e. The molecule has 0 saturated heterocycles. The number of rotatable bonds is 4. The average molecular weight is 316 g/mol. The van der Waals surface area contributed by atoms with Gasteiger partial charge >= 0.3 is 0 Å². The first kappa shape index (κ1) is 12.6. The molecule has 3 nitrogen and oxygen atoms in total. The highest BCUT2D eigenvalue weighted by Crippen LogP contribution is 2.24. The third-order valence-corrected chi connectivity index (χ3v) is 3.82. The van der Waals surface area contributed by atoms with Crippen molar-refractivity contribution in [1.82, 2.24) is 10.4 Å². The molecule has 0 saturated carbocycles. The van der Waals surface area contributed by atoms with Crippen molar-refractivity contribution in [2.24, 2.45) is 5.84 Å². The maximum absolute atomic E-state index is 13.2. The minimum atomic E-state index is -0.253. The van der Waals surface area contributed by atoms with E-state index in [1.165, 1.54) is 23.5 Å². The van der Waals surface area contributed by atoms with Crippen LogP contribution in [0.4, 0.5) is 4.39 Å². The van der Waals surface area contributed by atoms with Crippen molar-refractivity contribution >= 4 is 27.3 Å². The number of nitrogens with zero attached hydrogens (tertiary/aromatic N) is 1. The summed E-state index contributed by atoms with van der Waals surface area (Å²) in [5.74, 6) is 5.25. The molecule has 1 heterocycles. The Morgan fingerprint density at radius 2 is 2.35 bits per heavy atom. The highest BCUT2D eigenvalue weighted by molar-refractivity contribution is 9.10. The van der Waals surface area contributed by atoms with Gasteiger partial charge in [-0.25, -0.2) is 9.37 Å². The van der Waals surface area contributed by atoms with E-state index in [0.29, 0.717) is 6.42 Å². The summed E-state index contributed by atoms with van der Waals surface area (Å²) in [4.78, 5) is 4.20. The van der Waals surface area contributed by atoms with E-state index in [-0.39, 0.29) is 11.9 Å². The topological polar surface area (TPSA) is 50.9 Å². The van der Waals surface area contributed by atoms with Crippen LogP contribution < -0.4 is 11.3 Å². The molecule has 0 aliphatic rings. The Morgan fingerprint density at radius 3 is 3.00 bits per heavy atom. The Morgan fingerprint density at radius 1 is 1.53 bits per heavy atom. The molecule has 17 heavy (non-hydrogen) atoms. The molecule has 2 rings (SSSR count). The quantitative estimate of drug-likeness (QED) is 0.674. The van der Waals surface area contributed by atoms with Gasteiger partial charge in [0.25, 0.3) is 0 Å². The zero-order chi connectivity index (χ0) is 12.3. The zero-order valence-corrected chi connectivity index (χ0v) is 11.3. The van der Waals surface area contributed by atoms with Gasteiger partial charge in [0.1, 0.15) is 5.82 Å². The fraction of sp³-hybridized carbons (Fsp3) is 0.182. The molecule has 0 radical (unpaired) electrons. The summed E-state index contributed by atoms with van der Waals surface area (Å²) in [7, 11) is 0. The molecule has 0 bridgehead atoms. The minimum absolute atomic E-state index is 0.112. The molecule has 1 aromatic carbocycles.